The van der Waals surface area contributed by atoms with Crippen LogP contribution in [0.4, 0.5) is 0 Å². The van der Waals surface area contributed by atoms with Crippen LogP contribution in [0, 0.1) is 0 Å². The van der Waals surface area contributed by atoms with Gasteiger partial charge in [-0.2, -0.15) is 8.42 Å². The summed E-state index contributed by atoms with van der Waals surface area (Å²) in [5, 5.41) is 8.85. The van der Waals surface area contributed by atoms with E-state index in [1.54, 1.807) is 0 Å². The number of hydrogen-bond acceptors (Lipinski definition) is 3. The molecule has 0 radical (unpaired) electrons. The van der Waals surface area contributed by atoms with Crippen LogP contribution in [0.1, 0.15) is 90.9 Å². The highest BCUT2D eigenvalue weighted by Crippen LogP contribution is 2.18. The minimum atomic E-state index is -3.89. The first-order chi connectivity index (χ1) is 9.91. The standard InChI is InChI=1S/C16H34O4S/c1-3-5-9-13-16(21(18,19)20)14-11-8-6-7-10-12-15(17)4-2/h15-17H,3-14H2,1-2H3,(H,18,19,20). The Hall–Kier alpha value is -0.130. The lowest BCUT2D eigenvalue weighted by Crippen LogP contribution is -2.20. The normalized spacial score (nSPS) is 15.0. The molecule has 0 aliphatic carbocycles. The zero-order chi connectivity index (χ0) is 16.1. The summed E-state index contributed by atoms with van der Waals surface area (Å²) in [5.41, 5.74) is 0. The van der Waals surface area contributed by atoms with E-state index in [-0.39, 0.29) is 6.10 Å². The molecular formula is C16H34O4S. The third kappa shape index (κ3) is 12.1. The highest BCUT2D eigenvalue weighted by Gasteiger charge is 2.21. The molecule has 5 heteroatoms. The van der Waals surface area contributed by atoms with Gasteiger partial charge in [-0.15, -0.1) is 0 Å². The molecule has 21 heavy (non-hydrogen) atoms. The fourth-order valence-corrected chi connectivity index (χ4v) is 3.48. The molecule has 0 rings (SSSR count). The lowest BCUT2D eigenvalue weighted by atomic mass is 10.0. The number of unbranched alkanes of at least 4 members (excludes halogenated alkanes) is 6. The van der Waals surface area contributed by atoms with Gasteiger partial charge in [0, 0.05) is 0 Å². The Morgan fingerprint density at radius 3 is 1.76 bits per heavy atom. The smallest absolute Gasteiger partial charge is 0.267 e. The first-order valence-corrected chi connectivity index (χ1v) is 10.1. The zero-order valence-corrected chi connectivity index (χ0v) is 14.6. The summed E-state index contributed by atoms with van der Waals surface area (Å²) in [6.07, 6.45) is 10.6. The summed E-state index contributed by atoms with van der Waals surface area (Å²) in [5.74, 6) is 0. The molecule has 0 amide bonds. The molecule has 4 nitrogen and oxygen atoms in total. The Kier molecular flexibility index (Phi) is 12.3. The zero-order valence-electron chi connectivity index (χ0n) is 13.8. The molecule has 0 fully saturated rings. The minimum absolute atomic E-state index is 0.174. The Morgan fingerprint density at radius 1 is 0.810 bits per heavy atom. The second kappa shape index (κ2) is 12.4. The molecule has 0 aromatic rings. The van der Waals surface area contributed by atoms with Crippen molar-refractivity contribution in [2.45, 2.75) is 102 Å². The van der Waals surface area contributed by atoms with Crippen molar-refractivity contribution in [1.82, 2.24) is 0 Å². The first-order valence-electron chi connectivity index (χ1n) is 8.56. The molecule has 0 aliphatic heterocycles. The molecule has 0 aromatic carbocycles. The van der Waals surface area contributed by atoms with Crippen LogP contribution in [0.5, 0.6) is 0 Å². The maximum absolute atomic E-state index is 11.3. The van der Waals surface area contributed by atoms with Crippen molar-refractivity contribution < 1.29 is 18.1 Å². The monoisotopic (exact) mass is 322 g/mol. The second-order valence-electron chi connectivity index (χ2n) is 6.04. The van der Waals surface area contributed by atoms with Crippen molar-refractivity contribution in [3.05, 3.63) is 0 Å². The third-order valence-electron chi connectivity index (χ3n) is 4.09. The average Bonchev–Trinajstić information content (AvgIpc) is 2.42. The summed E-state index contributed by atoms with van der Waals surface area (Å²) < 4.78 is 31.9. The topological polar surface area (TPSA) is 74.6 Å². The van der Waals surface area contributed by atoms with Gasteiger partial charge >= 0.3 is 0 Å². The quantitative estimate of drug-likeness (QED) is 0.369. The first kappa shape index (κ1) is 20.9. The number of aliphatic hydroxyl groups excluding tert-OH is 1. The third-order valence-corrected chi connectivity index (χ3v) is 5.40. The maximum atomic E-state index is 11.3. The van der Waals surface area contributed by atoms with E-state index in [1.165, 1.54) is 0 Å². The molecular weight excluding hydrogens is 288 g/mol. The maximum Gasteiger partial charge on any atom is 0.267 e. The van der Waals surface area contributed by atoms with Crippen LogP contribution in [-0.2, 0) is 10.1 Å². The summed E-state index contributed by atoms with van der Waals surface area (Å²) in [4.78, 5) is 0. The average molecular weight is 323 g/mol. The molecule has 0 saturated carbocycles. The lowest BCUT2D eigenvalue weighted by molar-refractivity contribution is 0.156. The Balaban J connectivity index is 3.73. The van der Waals surface area contributed by atoms with E-state index in [4.69, 9.17) is 0 Å². The van der Waals surface area contributed by atoms with Crippen LogP contribution in [0.25, 0.3) is 0 Å². The Labute approximate surface area is 131 Å². The highest BCUT2D eigenvalue weighted by atomic mass is 32.2. The molecule has 0 heterocycles. The molecule has 2 N–H and O–H groups in total. The summed E-state index contributed by atoms with van der Waals surface area (Å²) in [6.45, 7) is 4.07. The SMILES string of the molecule is CCCCCC(CCCCCCCC(O)CC)S(=O)(=O)O. The van der Waals surface area contributed by atoms with E-state index < -0.39 is 15.4 Å². The van der Waals surface area contributed by atoms with Crippen molar-refractivity contribution in [2.75, 3.05) is 0 Å². The Morgan fingerprint density at radius 2 is 1.29 bits per heavy atom. The van der Waals surface area contributed by atoms with Crippen LogP contribution < -0.4 is 0 Å². The van der Waals surface area contributed by atoms with Crippen molar-refractivity contribution in [2.24, 2.45) is 0 Å². The summed E-state index contributed by atoms with van der Waals surface area (Å²) in [7, 11) is -3.89. The second-order valence-corrected chi connectivity index (χ2v) is 7.74. The van der Waals surface area contributed by atoms with E-state index in [0.29, 0.717) is 12.8 Å². The summed E-state index contributed by atoms with van der Waals surface area (Å²) in [6, 6.07) is 0. The predicted molar refractivity (Wildman–Crippen MR) is 88.1 cm³/mol. The summed E-state index contributed by atoms with van der Waals surface area (Å²) >= 11 is 0. The van der Waals surface area contributed by atoms with Gasteiger partial charge in [-0.25, -0.2) is 0 Å². The van der Waals surface area contributed by atoms with Gasteiger partial charge in [-0.3, -0.25) is 4.55 Å². The highest BCUT2D eigenvalue weighted by molar-refractivity contribution is 7.86. The largest absolute Gasteiger partial charge is 0.393 e. The molecule has 2 unspecified atom stereocenters. The van der Waals surface area contributed by atoms with Gasteiger partial charge < -0.3 is 5.11 Å². The van der Waals surface area contributed by atoms with Crippen molar-refractivity contribution in [3.63, 3.8) is 0 Å². The molecule has 2 atom stereocenters. The van der Waals surface area contributed by atoms with E-state index in [1.807, 2.05) is 6.92 Å². The fourth-order valence-electron chi connectivity index (χ4n) is 2.55. The molecule has 0 spiro atoms. The lowest BCUT2D eigenvalue weighted by Gasteiger charge is -2.13. The van der Waals surface area contributed by atoms with E-state index in [2.05, 4.69) is 6.92 Å². The van der Waals surface area contributed by atoms with Crippen molar-refractivity contribution in [3.8, 4) is 0 Å². The number of aliphatic hydroxyl groups is 1. The molecule has 128 valence electrons. The molecule has 0 aliphatic rings. The van der Waals surface area contributed by atoms with Crippen LogP contribution in [0.2, 0.25) is 0 Å². The minimum Gasteiger partial charge on any atom is -0.393 e. The van der Waals surface area contributed by atoms with Crippen LogP contribution in [0.15, 0.2) is 0 Å². The number of rotatable bonds is 14. The molecule has 0 bridgehead atoms. The van der Waals surface area contributed by atoms with E-state index in [9.17, 15) is 18.1 Å². The molecule has 0 aromatic heterocycles. The van der Waals surface area contributed by atoms with Gasteiger partial charge in [0.05, 0.1) is 11.4 Å². The van der Waals surface area contributed by atoms with Gasteiger partial charge in [0.15, 0.2) is 0 Å². The van der Waals surface area contributed by atoms with Crippen LogP contribution in [0.3, 0.4) is 0 Å². The molecule has 0 saturated heterocycles. The fraction of sp³-hybridized carbons (Fsp3) is 1.00. The number of hydrogen-bond donors (Lipinski definition) is 2. The Bertz CT molecular complexity index is 327. The van der Waals surface area contributed by atoms with E-state index >= 15 is 0 Å². The van der Waals surface area contributed by atoms with Crippen molar-refractivity contribution >= 4 is 10.1 Å². The van der Waals surface area contributed by atoms with Gasteiger partial charge in [-0.1, -0.05) is 65.2 Å². The van der Waals surface area contributed by atoms with Gasteiger partial charge in [0.2, 0.25) is 0 Å². The van der Waals surface area contributed by atoms with Gasteiger partial charge in [0.25, 0.3) is 10.1 Å². The van der Waals surface area contributed by atoms with Crippen LogP contribution >= 0.6 is 0 Å². The van der Waals surface area contributed by atoms with Gasteiger partial charge in [-0.05, 0) is 25.7 Å². The van der Waals surface area contributed by atoms with E-state index in [0.717, 1.165) is 64.2 Å². The van der Waals surface area contributed by atoms with Gasteiger partial charge in [0.1, 0.15) is 0 Å². The predicted octanol–water partition coefficient (Wildman–Crippen LogP) is 4.32. The van der Waals surface area contributed by atoms with Crippen molar-refractivity contribution in [1.29, 1.82) is 0 Å². The van der Waals surface area contributed by atoms with Crippen LogP contribution in [-0.4, -0.2) is 29.4 Å².